The Morgan fingerprint density at radius 3 is 2.74 bits per heavy atom. The summed E-state index contributed by atoms with van der Waals surface area (Å²) >= 11 is 3.18. The van der Waals surface area contributed by atoms with Crippen LogP contribution in [0.2, 0.25) is 0 Å². The van der Waals surface area contributed by atoms with Crippen LogP contribution in [0, 0.1) is 18.6 Å². The predicted octanol–water partition coefficient (Wildman–Crippen LogP) is 2.77. The van der Waals surface area contributed by atoms with Gasteiger partial charge in [-0.15, -0.1) is 0 Å². The molecule has 0 atom stereocenters. The lowest BCUT2D eigenvalue weighted by molar-refractivity contribution is -0.123. The Morgan fingerprint density at radius 2 is 2.03 bits per heavy atom. The van der Waals surface area contributed by atoms with Gasteiger partial charge in [-0.2, -0.15) is 4.98 Å². The highest BCUT2D eigenvalue weighted by atomic mass is 79.9. The van der Waals surface area contributed by atoms with Crippen LogP contribution in [0.4, 0.5) is 8.78 Å². The first kappa shape index (κ1) is 22.6. The summed E-state index contributed by atoms with van der Waals surface area (Å²) in [6.07, 6.45) is 0. The normalized spacial score (nSPS) is 10.7. The Kier molecular flexibility index (Phi) is 7.13. The minimum absolute atomic E-state index is 0.0196. The quantitative estimate of drug-likeness (QED) is 0.527. The van der Waals surface area contributed by atoms with Crippen LogP contribution >= 0.6 is 15.9 Å². The summed E-state index contributed by atoms with van der Waals surface area (Å²) in [4.78, 5) is 28.5. The van der Waals surface area contributed by atoms with E-state index in [0.29, 0.717) is 17.1 Å². The van der Waals surface area contributed by atoms with Crippen molar-refractivity contribution in [3.63, 3.8) is 0 Å². The molecule has 2 aromatic carbocycles. The Balaban J connectivity index is 1.86. The molecule has 0 aliphatic carbocycles. The first-order chi connectivity index (χ1) is 14.8. The molecule has 0 unspecified atom stereocenters. The number of aromatic nitrogens is 2. The van der Waals surface area contributed by atoms with Crippen molar-refractivity contribution in [1.29, 1.82) is 0 Å². The van der Waals surface area contributed by atoms with Crippen LogP contribution in [0.5, 0.6) is 5.88 Å². The lowest BCUT2D eigenvalue weighted by atomic mass is 10.2. The number of halogens is 3. The number of nitrogens with one attached hydrogen (secondary N) is 1. The van der Waals surface area contributed by atoms with Crippen molar-refractivity contribution in [1.82, 2.24) is 14.9 Å². The fraction of sp³-hybridized carbons (Fsp3) is 0.190. The number of aliphatic hydroxyl groups excluding tert-OH is 1. The van der Waals surface area contributed by atoms with Crippen LogP contribution in [0.15, 0.2) is 51.7 Å². The molecule has 0 saturated carbocycles. The summed E-state index contributed by atoms with van der Waals surface area (Å²) in [5.41, 5.74) is 0.907. The van der Waals surface area contributed by atoms with Gasteiger partial charge in [0.05, 0.1) is 5.69 Å². The highest BCUT2D eigenvalue weighted by molar-refractivity contribution is 9.10. The third-order valence-electron chi connectivity index (χ3n) is 4.35. The van der Waals surface area contributed by atoms with E-state index in [1.54, 1.807) is 31.2 Å². The number of carbonyl (C=O) groups excluding carboxylic acids is 1. The second-order valence-corrected chi connectivity index (χ2v) is 7.34. The number of aliphatic hydroxyl groups is 1. The van der Waals surface area contributed by atoms with E-state index in [1.807, 2.05) is 0 Å². The number of rotatable bonds is 7. The van der Waals surface area contributed by atoms with Gasteiger partial charge in [0.1, 0.15) is 35.1 Å². The summed E-state index contributed by atoms with van der Waals surface area (Å²) in [5, 5.41) is 11.3. The van der Waals surface area contributed by atoms with Crippen molar-refractivity contribution >= 4 is 21.8 Å². The molecule has 1 heterocycles. The zero-order valence-electron chi connectivity index (χ0n) is 16.4. The van der Waals surface area contributed by atoms with Crippen molar-refractivity contribution in [3.8, 4) is 11.6 Å². The van der Waals surface area contributed by atoms with Crippen LogP contribution in [-0.4, -0.2) is 27.2 Å². The fourth-order valence-electron chi connectivity index (χ4n) is 2.83. The van der Waals surface area contributed by atoms with Crippen molar-refractivity contribution in [2.75, 3.05) is 6.61 Å². The molecule has 0 spiro atoms. The molecular weight excluding hydrogens is 476 g/mol. The summed E-state index contributed by atoms with van der Waals surface area (Å²) in [7, 11) is 0. The van der Waals surface area contributed by atoms with Gasteiger partial charge in [-0.3, -0.25) is 14.2 Å². The molecule has 0 saturated heterocycles. The smallest absolute Gasteiger partial charge is 0.276 e. The van der Waals surface area contributed by atoms with Crippen LogP contribution in [0.1, 0.15) is 17.0 Å². The van der Waals surface area contributed by atoms with Gasteiger partial charge in [-0.25, -0.2) is 8.78 Å². The molecule has 0 fully saturated rings. The second-order valence-electron chi connectivity index (χ2n) is 6.55. The molecule has 3 rings (SSSR count). The van der Waals surface area contributed by atoms with Gasteiger partial charge < -0.3 is 15.2 Å². The Morgan fingerprint density at radius 1 is 1.26 bits per heavy atom. The zero-order valence-corrected chi connectivity index (χ0v) is 17.9. The van der Waals surface area contributed by atoms with E-state index in [0.717, 1.165) is 12.1 Å². The van der Waals surface area contributed by atoms with E-state index < -0.39 is 29.7 Å². The molecule has 31 heavy (non-hydrogen) atoms. The van der Waals surface area contributed by atoms with Gasteiger partial charge in [-0.05, 0) is 52.7 Å². The van der Waals surface area contributed by atoms with Gasteiger partial charge in [0.2, 0.25) is 11.8 Å². The van der Waals surface area contributed by atoms with Crippen molar-refractivity contribution in [3.05, 3.63) is 85.9 Å². The molecule has 0 bridgehead atoms. The molecule has 2 N–H and O–H groups in total. The summed E-state index contributed by atoms with van der Waals surface area (Å²) < 4.78 is 33.7. The maximum atomic E-state index is 13.8. The molecule has 3 aromatic rings. The minimum Gasteiger partial charge on any atom is -0.472 e. The number of hydrogen-bond donors (Lipinski definition) is 2. The Labute approximate surface area is 184 Å². The van der Waals surface area contributed by atoms with E-state index in [1.165, 1.54) is 10.6 Å². The number of ether oxygens (including phenoxy) is 1. The highest BCUT2D eigenvalue weighted by Crippen LogP contribution is 2.22. The van der Waals surface area contributed by atoms with E-state index in [4.69, 9.17) is 9.84 Å². The number of hydrogen-bond acceptors (Lipinski definition) is 5. The van der Waals surface area contributed by atoms with E-state index in [2.05, 4.69) is 26.2 Å². The SMILES string of the molecule is Cc1nc(OCc2ccc(F)cc2F)c(Br)c(=O)n1-c1cccc(CNC(=O)CO)c1. The average Bonchev–Trinajstić information content (AvgIpc) is 2.75. The molecular formula is C21H18BrF2N3O4. The highest BCUT2D eigenvalue weighted by Gasteiger charge is 2.16. The first-order valence-corrected chi connectivity index (χ1v) is 9.92. The topological polar surface area (TPSA) is 93.5 Å². The molecule has 1 aromatic heterocycles. The van der Waals surface area contributed by atoms with E-state index >= 15 is 0 Å². The largest absolute Gasteiger partial charge is 0.472 e. The van der Waals surface area contributed by atoms with Crippen molar-refractivity contribution in [2.45, 2.75) is 20.1 Å². The summed E-state index contributed by atoms with van der Waals surface area (Å²) in [6, 6.07) is 10.0. The Hall–Kier alpha value is -3.11. The van der Waals surface area contributed by atoms with Crippen LogP contribution < -0.4 is 15.6 Å². The number of aryl methyl sites for hydroxylation is 1. The number of benzene rings is 2. The molecule has 0 aliphatic rings. The van der Waals surface area contributed by atoms with Crippen LogP contribution in [0.3, 0.4) is 0 Å². The Bertz CT molecular complexity index is 1180. The van der Waals surface area contributed by atoms with Gasteiger partial charge in [0.25, 0.3) is 5.56 Å². The molecule has 0 radical (unpaired) electrons. The van der Waals surface area contributed by atoms with Gasteiger partial charge in [0.15, 0.2) is 0 Å². The maximum Gasteiger partial charge on any atom is 0.276 e. The van der Waals surface area contributed by atoms with Gasteiger partial charge in [-0.1, -0.05) is 12.1 Å². The lowest BCUT2D eigenvalue weighted by Gasteiger charge is -2.14. The van der Waals surface area contributed by atoms with Crippen molar-refractivity contribution in [2.24, 2.45) is 0 Å². The second kappa shape index (κ2) is 9.80. The third-order valence-corrected chi connectivity index (χ3v) is 5.03. The average molecular weight is 494 g/mol. The number of amides is 1. The standard InChI is InChI=1S/C21H18BrF2N3O4/c1-12-26-20(31-11-14-5-6-15(23)8-17(14)24)19(22)21(30)27(12)16-4-2-3-13(7-16)9-25-18(29)10-28/h2-8,28H,9-11H2,1H3,(H,25,29). The molecule has 0 aliphatic heterocycles. The molecule has 10 heteroatoms. The van der Waals surface area contributed by atoms with Crippen molar-refractivity contribution < 1.29 is 23.4 Å². The van der Waals surface area contributed by atoms with Gasteiger partial charge >= 0.3 is 0 Å². The van der Waals surface area contributed by atoms with Crippen LogP contribution in [0.25, 0.3) is 5.69 Å². The monoisotopic (exact) mass is 493 g/mol. The maximum absolute atomic E-state index is 13.8. The lowest BCUT2D eigenvalue weighted by Crippen LogP contribution is -2.26. The third kappa shape index (κ3) is 5.33. The zero-order chi connectivity index (χ0) is 22.5. The first-order valence-electron chi connectivity index (χ1n) is 9.13. The van der Waals surface area contributed by atoms with E-state index in [9.17, 15) is 18.4 Å². The molecule has 1 amide bonds. The summed E-state index contributed by atoms with van der Waals surface area (Å²) in [5.74, 6) is -1.67. The van der Waals surface area contributed by atoms with E-state index in [-0.39, 0.29) is 29.1 Å². The predicted molar refractivity (Wildman–Crippen MR) is 112 cm³/mol. The van der Waals surface area contributed by atoms with Crippen LogP contribution in [-0.2, 0) is 17.9 Å². The number of nitrogens with zero attached hydrogens (tertiary/aromatic N) is 2. The number of carbonyl (C=O) groups is 1. The molecule has 7 nitrogen and oxygen atoms in total. The minimum atomic E-state index is -0.758. The fourth-order valence-corrected chi connectivity index (χ4v) is 3.21. The van der Waals surface area contributed by atoms with Gasteiger partial charge in [0, 0.05) is 18.2 Å². The summed E-state index contributed by atoms with van der Waals surface area (Å²) in [6.45, 7) is 0.943. The molecule has 162 valence electrons.